The summed E-state index contributed by atoms with van der Waals surface area (Å²) in [6.07, 6.45) is 0.449. The molecule has 3 heteroatoms. The monoisotopic (exact) mass is 207 g/mol. The lowest BCUT2D eigenvalue weighted by Gasteiger charge is -2.24. The van der Waals surface area contributed by atoms with Crippen molar-refractivity contribution in [1.82, 2.24) is 4.57 Å². The van der Waals surface area contributed by atoms with Crippen LogP contribution in [-0.4, -0.2) is 10.5 Å². The Kier molecular flexibility index (Phi) is 1.67. The molecule has 1 nitrogen and oxygen atoms in total. The molecule has 3 rings (SSSR count). The van der Waals surface area contributed by atoms with E-state index in [-0.39, 0.29) is 13.0 Å². The molecule has 1 aliphatic rings. The third kappa shape index (κ3) is 1.34. The Bertz CT molecular complexity index is 513. The maximum atomic E-state index is 13.3. The third-order valence-electron chi connectivity index (χ3n) is 3.03. The molecule has 15 heavy (non-hydrogen) atoms. The number of fused-ring (bicyclic) bond motifs is 3. The summed E-state index contributed by atoms with van der Waals surface area (Å²) in [6, 6.07) is 9.72. The molecular formula is C12H11F2N. The van der Waals surface area contributed by atoms with Gasteiger partial charge in [-0.25, -0.2) is 8.78 Å². The lowest BCUT2D eigenvalue weighted by molar-refractivity contribution is -0.0329. The Hall–Kier alpha value is -1.38. The van der Waals surface area contributed by atoms with Gasteiger partial charge in [-0.15, -0.1) is 0 Å². The number of halogens is 2. The van der Waals surface area contributed by atoms with E-state index < -0.39 is 5.92 Å². The van der Waals surface area contributed by atoms with Crippen molar-refractivity contribution in [1.29, 1.82) is 0 Å². The summed E-state index contributed by atoms with van der Waals surface area (Å²) in [5.74, 6) is -2.55. The number of benzene rings is 1. The summed E-state index contributed by atoms with van der Waals surface area (Å²) in [5.41, 5.74) is 1.95. The van der Waals surface area contributed by atoms with E-state index >= 15 is 0 Å². The number of aryl methyl sites for hydroxylation is 1. The van der Waals surface area contributed by atoms with Gasteiger partial charge in [0.15, 0.2) is 0 Å². The van der Waals surface area contributed by atoms with Gasteiger partial charge in [0.05, 0.1) is 6.54 Å². The van der Waals surface area contributed by atoms with Crippen molar-refractivity contribution in [2.75, 3.05) is 0 Å². The molecule has 0 saturated heterocycles. The number of nitrogens with zero attached hydrogens (tertiary/aromatic N) is 1. The Morgan fingerprint density at radius 3 is 2.87 bits per heavy atom. The number of aromatic nitrogens is 1. The second-order valence-electron chi connectivity index (χ2n) is 4.14. The minimum Gasteiger partial charge on any atom is -0.339 e. The summed E-state index contributed by atoms with van der Waals surface area (Å²) in [6.45, 7) is -0.171. The van der Waals surface area contributed by atoms with Crippen molar-refractivity contribution in [3.05, 3.63) is 36.0 Å². The van der Waals surface area contributed by atoms with Gasteiger partial charge in [-0.05, 0) is 23.9 Å². The zero-order chi connectivity index (χ0) is 10.5. The molecule has 0 spiro atoms. The number of hydrogen-bond acceptors (Lipinski definition) is 0. The normalized spacial score (nSPS) is 19.1. The molecule has 0 amide bonds. The van der Waals surface area contributed by atoms with E-state index in [0.29, 0.717) is 6.42 Å². The molecule has 0 radical (unpaired) electrons. The lowest BCUT2D eigenvalue weighted by atomic mass is 10.1. The Morgan fingerprint density at radius 1 is 1.20 bits per heavy atom. The minimum absolute atomic E-state index is 0.0245. The molecule has 1 aliphatic heterocycles. The molecule has 0 atom stereocenters. The summed E-state index contributed by atoms with van der Waals surface area (Å²) in [5, 5.41) is 1.06. The molecule has 0 N–H and O–H groups in total. The van der Waals surface area contributed by atoms with Crippen LogP contribution in [0.15, 0.2) is 30.3 Å². The van der Waals surface area contributed by atoms with Crippen LogP contribution in [0.4, 0.5) is 8.78 Å². The molecule has 1 aromatic carbocycles. The van der Waals surface area contributed by atoms with E-state index in [1.54, 1.807) is 4.57 Å². The van der Waals surface area contributed by atoms with Crippen LogP contribution in [0, 0.1) is 0 Å². The van der Waals surface area contributed by atoms with Crippen LogP contribution in [0.2, 0.25) is 0 Å². The van der Waals surface area contributed by atoms with Crippen LogP contribution in [0.1, 0.15) is 12.1 Å². The molecule has 0 aliphatic carbocycles. The fourth-order valence-electron chi connectivity index (χ4n) is 2.28. The number of hydrogen-bond donors (Lipinski definition) is 0. The van der Waals surface area contributed by atoms with E-state index in [2.05, 4.69) is 0 Å². The van der Waals surface area contributed by atoms with Crippen molar-refractivity contribution in [3.8, 4) is 0 Å². The minimum atomic E-state index is -2.55. The molecule has 0 bridgehead atoms. The van der Waals surface area contributed by atoms with Crippen molar-refractivity contribution in [3.63, 3.8) is 0 Å². The summed E-state index contributed by atoms with van der Waals surface area (Å²) in [4.78, 5) is 0. The first-order chi connectivity index (χ1) is 7.16. The molecule has 1 aromatic heterocycles. The maximum Gasteiger partial charge on any atom is 0.266 e. The van der Waals surface area contributed by atoms with Gasteiger partial charge in [0, 0.05) is 17.6 Å². The van der Waals surface area contributed by atoms with E-state index in [0.717, 1.165) is 16.6 Å². The molecule has 2 heterocycles. The second-order valence-corrected chi connectivity index (χ2v) is 4.14. The zero-order valence-corrected chi connectivity index (χ0v) is 8.21. The molecule has 0 fully saturated rings. The van der Waals surface area contributed by atoms with Crippen molar-refractivity contribution >= 4 is 10.9 Å². The highest BCUT2D eigenvalue weighted by molar-refractivity contribution is 5.81. The fraction of sp³-hybridized carbons (Fsp3) is 0.333. The summed E-state index contributed by atoms with van der Waals surface area (Å²) < 4.78 is 28.3. The van der Waals surface area contributed by atoms with Crippen LogP contribution in [-0.2, 0) is 13.0 Å². The first kappa shape index (κ1) is 8.89. The quantitative estimate of drug-likeness (QED) is 0.625. The molecule has 0 saturated carbocycles. The van der Waals surface area contributed by atoms with E-state index in [1.165, 1.54) is 0 Å². The lowest BCUT2D eigenvalue weighted by Crippen LogP contribution is -2.30. The van der Waals surface area contributed by atoms with E-state index in [4.69, 9.17) is 0 Å². The smallest absolute Gasteiger partial charge is 0.266 e. The highest BCUT2D eigenvalue weighted by atomic mass is 19.3. The third-order valence-corrected chi connectivity index (χ3v) is 3.03. The van der Waals surface area contributed by atoms with Crippen LogP contribution < -0.4 is 0 Å². The first-order valence-corrected chi connectivity index (χ1v) is 5.11. The molecular weight excluding hydrogens is 196 g/mol. The fourth-order valence-corrected chi connectivity index (χ4v) is 2.28. The van der Waals surface area contributed by atoms with Gasteiger partial charge < -0.3 is 4.57 Å². The SMILES string of the molecule is FC1(F)CCc2cc3ccccc3n2C1. The van der Waals surface area contributed by atoms with Crippen molar-refractivity contribution in [2.24, 2.45) is 0 Å². The predicted molar refractivity (Wildman–Crippen MR) is 55.2 cm³/mol. The molecule has 78 valence electrons. The average Bonchev–Trinajstić information content (AvgIpc) is 2.55. The number of rotatable bonds is 0. The maximum absolute atomic E-state index is 13.3. The van der Waals surface area contributed by atoms with Gasteiger partial charge in [-0.2, -0.15) is 0 Å². The topological polar surface area (TPSA) is 4.93 Å². The van der Waals surface area contributed by atoms with Crippen molar-refractivity contribution in [2.45, 2.75) is 25.3 Å². The van der Waals surface area contributed by atoms with Gasteiger partial charge in [0.25, 0.3) is 5.92 Å². The Balaban J connectivity index is 2.22. The van der Waals surface area contributed by atoms with Crippen LogP contribution in [0.3, 0.4) is 0 Å². The van der Waals surface area contributed by atoms with Gasteiger partial charge in [-0.1, -0.05) is 18.2 Å². The highest BCUT2D eigenvalue weighted by Crippen LogP contribution is 2.32. The summed E-state index contributed by atoms with van der Waals surface area (Å²) in [7, 11) is 0. The predicted octanol–water partition coefficient (Wildman–Crippen LogP) is 3.22. The molecule has 2 aromatic rings. The Labute approximate surface area is 86.3 Å². The van der Waals surface area contributed by atoms with Crippen LogP contribution in [0.5, 0.6) is 0 Å². The zero-order valence-electron chi connectivity index (χ0n) is 8.21. The van der Waals surface area contributed by atoms with E-state index in [9.17, 15) is 8.78 Å². The van der Waals surface area contributed by atoms with Crippen LogP contribution in [0.25, 0.3) is 10.9 Å². The van der Waals surface area contributed by atoms with E-state index in [1.807, 2.05) is 30.3 Å². The molecule has 0 unspecified atom stereocenters. The largest absolute Gasteiger partial charge is 0.339 e. The highest BCUT2D eigenvalue weighted by Gasteiger charge is 2.34. The standard InChI is InChI=1S/C12H11F2N/c13-12(14)6-5-10-7-9-3-1-2-4-11(9)15(10)8-12/h1-4,7H,5-6,8H2. The van der Waals surface area contributed by atoms with Gasteiger partial charge >= 0.3 is 0 Å². The van der Waals surface area contributed by atoms with Crippen molar-refractivity contribution < 1.29 is 8.78 Å². The summed E-state index contributed by atoms with van der Waals surface area (Å²) >= 11 is 0. The van der Waals surface area contributed by atoms with Crippen LogP contribution >= 0.6 is 0 Å². The van der Waals surface area contributed by atoms with Gasteiger partial charge in [0.1, 0.15) is 0 Å². The number of para-hydroxylation sites is 1. The Morgan fingerprint density at radius 2 is 2.00 bits per heavy atom. The first-order valence-electron chi connectivity index (χ1n) is 5.11. The second kappa shape index (κ2) is 2.81. The number of alkyl halides is 2. The average molecular weight is 207 g/mol. The van der Waals surface area contributed by atoms with Gasteiger partial charge in [-0.3, -0.25) is 0 Å². The van der Waals surface area contributed by atoms with Gasteiger partial charge in [0.2, 0.25) is 0 Å².